The summed E-state index contributed by atoms with van der Waals surface area (Å²) in [4.78, 5) is 11.9. The zero-order chi connectivity index (χ0) is 16.1. The molecule has 0 aliphatic rings. The van der Waals surface area contributed by atoms with Gasteiger partial charge in [-0.2, -0.15) is 0 Å². The topological polar surface area (TPSA) is 40.5 Å². The Hall–Kier alpha value is -2.75. The Morgan fingerprint density at radius 1 is 1.04 bits per heavy atom. The largest absolute Gasteiger partial charge is 0.497 e. The van der Waals surface area contributed by atoms with Crippen molar-refractivity contribution in [3.8, 4) is 5.75 Å². The SMILES string of the molecule is COc1ccc(COC(=O)CCn2ccc3ccccc32)cc1. The summed E-state index contributed by atoms with van der Waals surface area (Å²) in [6.07, 6.45) is 2.36. The van der Waals surface area contributed by atoms with E-state index in [4.69, 9.17) is 9.47 Å². The Kier molecular flexibility index (Phi) is 4.62. The highest BCUT2D eigenvalue weighted by molar-refractivity contribution is 5.80. The molecule has 0 unspecified atom stereocenters. The third-order valence-corrected chi connectivity index (χ3v) is 3.80. The molecule has 0 radical (unpaired) electrons. The van der Waals surface area contributed by atoms with Gasteiger partial charge in [-0.1, -0.05) is 30.3 Å². The molecule has 3 rings (SSSR count). The Morgan fingerprint density at radius 2 is 1.83 bits per heavy atom. The van der Waals surface area contributed by atoms with Crippen molar-refractivity contribution in [1.29, 1.82) is 0 Å². The number of methoxy groups -OCH3 is 1. The normalized spacial score (nSPS) is 10.7. The predicted octanol–water partition coefficient (Wildman–Crippen LogP) is 3.78. The summed E-state index contributed by atoms with van der Waals surface area (Å²) in [5.41, 5.74) is 2.08. The minimum absolute atomic E-state index is 0.196. The van der Waals surface area contributed by atoms with Gasteiger partial charge in [0.15, 0.2) is 0 Å². The van der Waals surface area contributed by atoms with Gasteiger partial charge in [0.05, 0.1) is 13.5 Å². The van der Waals surface area contributed by atoms with Crippen LogP contribution in [0.5, 0.6) is 5.75 Å². The van der Waals surface area contributed by atoms with Gasteiger partial charge < -0.3 is 14.0 Å². The van der Waals surface area contributed by atoms with Gasteiger partial charge in [-0.15, -0.1) is 0 Å². The zero-order valence-corrected chi connectivity index (χ0v) is 13.1. The van der Waals surface area contributed by atoms with Gasteiger partial charge in [0.1, 0.15) is 12.4 Å². The van der Waals surface area contributed by atoms with E-state index in [0.717, 1.165) is 16.8 Å². The van der Waals surface area contributed by atoms with Crippen molar-refractivity contribution in [3.05, 3.63) is 66.4 Å². The number of carbonyl (C=O) groups is 1. The van der Waals surface area contributed by atoms with Gasteiger partial charge in [-0.25, -0.2) is 0 Å². The summed E-state index contributed by atoms with van der Waals surface area (Å²) in [5.74, 6) is 0.596. The van der Waals surface area contributed by atoms with E-state index < -0.39 is 0 Å². The van der Waals surface area contributed by atoms with E-state index in [1.165, 1.54) is 5.39 Å². The molecule has 4 nitrogen and oxygen atoms in total. The third-order valence-electron chi connectivity index (χ3n) is 3.80. The number of rotatable bonds is 6. The number of carbonyl (C=O) groups excluding carboxylic acids is 1. The third kappa shape index (κ3) is 3.72. The molecule has 0 atom stereocenters. The lowest BCUT2D eigenvalue weighted by Gasteiger charge is -2.07. The zero-order valence-electron chi connectivity index (χ0n) is 13.1. The van der Waals surface area contributed by atoms with E-state index >= 15 is 0 Å². The van der Waals surface area contributed by atoms with Crippen LogP contribution in [0.1, 0.15) is 12.0 Å². The molecule has 0 saturated heterocycles. The highest BCUT2D eigenvalue weighted by Crippen LogP contribution is 2.16. The van der Waals surface area contributed by atoms with Crippen LogP contribution < -0.4 is 4.74 Å². The van der Waals surface area contributed by atoms with E-state index in [1.807, 2.05) is 42.6 Å². The van der Waals surface area contributed by atoms with Crippen LogP contribution in [0.3, 0.4) is 0 Å². The number of aromatic nitrogens is 1. The van der Waals surface area contributed by atoms with Crippen molar-refractivity contribution in [2.24, 2.45) is 0 Å². The summed E-state index contributed by atoms with van der Waals surface area (Å²) in [7, 11) is 1.62. The summed E-state index contributed by atoms with van der Waals surface area (Å²) in [5, 5.41) is 1.18. The maximum absolute atomic E-state index is 11.9. The Bertz CT molecular complexity index is 790. The molecule has 1 aromatic heterocycles. The fourth-order valence-electron chi connectivity index (χ4n) is 2.51. The molecular formula is C19H19NO3. The van der Waals surface area contributed by atoms with Crippen LogP contribution in [0, 0.1) is 0 Å². The van der Waals surface area contributed by atoms with Crippen molar-refractivity contribution >= 4 is 16.9 Å². The van der Waals surface area contributed by atoms with Gasteiger partial charge in [0, 0.05) is 18.3 Å². The molecule has 0 aliphatic carbocycles. The van der Waals surface area contributed by atoms with E-state index in [0.29, 0.717) is 13.0 Å². The van der Waals surface area contributed by atoms with Gasteiger partial charge in [-0.3, -0.25) is 4.79 Å². The lowest BCUT2D eigenvalue weighted by molar-refractivity contribution is -0.145. The summed E-state index contributed by atoms with van der Waals surface area (Å²) >= 11 is 0. The molecule has 1 heterocycles. The van der Waals surface area contributed by atoms with Crippen molar-refractivity contribution in [2.45, 2.75) is 19.6 Å². The molecule has 118 valence electrons. The first-order valence-electron chi connectivity index (χ1n) is 7.59. The van der Waals surface area contributed by atoms with Crippen LogP contribution >= 0.6 is 0 Å². The van der Waals surface area contributed by atoms with Crippen molar-refractivity contribution in [2.75, 3.05) is 7.11 Å². The number of hydrogen-bond acceptors (Lipinski definition) is 3. The molecule has 0 saturated carbocycles. The highest BCUT2D eigenvalue weighted by atomic mass is 16.5. The maximum atomic E-state index is 11.9. The molecule has 0 N–H and O–H groups in total. The van der Waals surface area contributed by atoms with Crippen LogP contribution in [-0.4, -0.2) is 17.6 Å². The first-order valence-corrected chi connectivity index (χ1v) is 7.59. The fraction of sp³-hybridized carbons (Fsp3) is 0.211. The molecule has 0 aliphatic heterocycles. The molecule has 0 bridgehead atoms. The van der Waals surface area contributed by atoms with Gasteiger partial charge >= 0.3 is 5.97 Å². The minimum atomic E-state index is -0.196. The second-order valence-electron chi connectivity index (χ2n) is 5.33. The Labute approximate surface area is 135 Å². The molecule has 0 spiro atoms. The molecule has 3 aromatic rings. The first-order chi connectivity index (χ1) is 11.3. The lowest BCUT2D eigenvalue weighted by Crippen LogP contribution is -2.08. The number of para-hydroxylation sites is 1. The minimum Gasteiger partial charge on any atom is -0.497 e. The molecule has 2 aromatic carbocycles. The second kappa shape index (κ2) is 7.01. The Balaban J connectivity index is 1.51. The van der Waals surface area contributed by atoms with E-state index in [-0.39, 0.29) is 12.6 Å². The summed E-state index contributed by atoms with van der Waals surface area (Å²) in [6, 6.07) is 17.7. The number of ether oxygens (including phenoxy) is 2. The summed E-state index contributed by atoms with van der Waals surface area (Å²) in [6.45, 7) is 0.907. The molecule has 4 heteroatoms. The predicted molar refractivity (Wildman–Crippen MR) is 89.3 cm³/mol. The van der Waals surface area contributed by atoms with Gasteiger partial charge in [0.2, 0.25) is 0 Å². The van der Waals surface area contributed by atoms with Crippen molar-refractivity contribution in [3.63, 3.8) is 0 Å². The number of esters is 1. The number of hydrogen-bond donors (Lipinski definition) is 0. The molecule has 23 heavy (non-hydrogen) atoms. The van der Waals surface area contributed by atoms with Crippen LogP contribution in [0.25, 0.3) is 10.9 Å². The van der Waals surface area contributed by atoms with E-state index in [1.54, 1.807) is 7.11 Å². The second-order valence-corrected chi connectivity index (χ2v) is 5.33. The van der Waals surface area contributed by atoms with E-state index in [2.05, 4.69) is 22.8 Å². The van der Waals surface area contributed by atoms with Crippen LogP contribution in [0.15, 0.2) is 60.8 Å². The van der Waals surface area contributed by atoms with Crippen LogP contribution in [0.4, 0.5) is 0 Å². The standard InChI is InChI=1S/C19H19NO3/c1-22-17-8-6-15(7-9-17)14-23-19(21)11-13-20-12-10-16-4-2-3-5-18(16)20/h2-10,12H,11,13-14H2,1H3. The van der Waals surface area contributed by atoms with Crippen LogP contribution in [0.2, 0.25) is 0 Å². The van der Waals surface area contributed by atoms with Crippen molar-refractivity contribution in [1.82, 2.24) is 4.57 Å². The van der Waals surface area contributed by atoms with Gasteiger partial charge in [-0.05, 0) is 35.2 Å². The van der Waals surface area contributed by atoms with Gasteiger partial charge in [0.25, 0.3) is 0 Å². The molecule has 0 fully saturated rings. The van der Waals surface area contributed by atoms with Crippen molar-refractivity contribution < 1.29 is 14.3 Å². The number of fused-ring (bicyclic) bond motifs is 1. The molecule has 0 amide bonds. The summed E-state index contributed by atoms with van der Waals surface area (Å²) < 4.78 is 12.5. The number of benzene rings is 2. The van der Waals surface area contributed by atoms with Crippen LogP contribution in [-0.2, 0) is 22.7 Å². The Morgan fingerprint density at radius 3 is 2.61 bits per heavy atom. The monoisotopic (exact) mass is 309 g/mol. The quantitative estimate of drug-likeness (QED) is 0.651. The van der Waals surface area contributed by atoms with E-state index in [9.17, 15) is 4.79 Å². The molecular weight excluding hydrogens is 290 g/mol. The smallest absolute Gasteiger partial charge is 0.307 e. The average molecular weight is 309 g/mol. The number of nitrogens with zero attached hydrogens (tertiary/aromatic N) is 1. The highest BCUT2D eigenvalue weighted by Gasteiger charge is 2.06. The lowest BCUT2D eigenvalue weighted by atomic mass is 10.2. The average Bonchev–Trinajstić information content (AvgIpc) is 3.02. The number of aryl methyl sites for hydroxylation is 1. The fourth-order valence-corrected chi connectivity index (χ4v) is 2.51. The first kappa shape index (κ1) is 15.2. The maximum Gasteiger partial charge on any atom is 0.307 e.